The van der Waals surface area contributed by atoms with E-state index in [1.54, 1.807) is 0 Å². The molecular weight excluding hydrogens is 184 g/mol. The van der Waals surface area contributed by atoms with Gasteiger partial charge in [0.15, 0.2) is 0 Å². The topological polar surface area (TPSA) is 34.1 Å². The first-order valence-electron chi connectivity index (χ1n) is 3.84. The van der Waals surface area contributed by atoms with Crippen molar-refractivity contribution >= 4 is 19.7 Å². The lowest BCUT2D eigenvalue weighted by atomic mass is 9.91. The molecule has 1 radical (unpaired) electrons. The lowest BCUT2D eigenvalue weighted by Crippen LogP contribution is -2.12. The van der Waals surface area contributed by atoms with Crippen molar-refractivity contribution < 1.29 is 8.42 Å². The fourth-order valence-electron chi connectivity index (χ4n) is 1.44. The van der Waals surface area contributed by atoms with Crippen LogP contribution in [0.15, 0.2) is 0 Å². The molecule has 1 rings (SSSR count). The summed E-state index contributed by atoms with van der Waals surface area (Å²) in [6.45, 7) is 0. The van der Waals surface area contributed by atoms with E-state index in [1.807, 2.05) is 0 Å². The highest BCUT2D eigenvalue weighted by Crippen LogP contribution is 2.27. The van der Waals surface area contributed by atoms with Crippen molar-refractivity contribution in [1.82, 2.24) is 0 Å². The average molecular weight is 196 g/mol. The smallest absolute Gasteiger partial charge is 0.212 e. The zero-order valence-electron chi connectivity index (χ0n) is 6.35. The normalized spacial score (nSPS) is 21.9. The Morgan fingerprint density at radius 1 is 1.18 bits per heavy atom. The molecule has 0 spiro atoms. The predicted octanol–water partition coefficient (Wildman–Crippen LogP) is 2.09. The van der Waals surface area contributed by atoms with Crippen LogP contribution in [0, 0.1) is 5.92 Å². The molecular formula is C7H12ClO2S. The molecule has 0 aliphatic heterocycles. The van der Waals surface area contributed by atoms with Crippen LogP contribution in [0.3, 0.4) is 0 Å². The van der Waals surface area contributed by atoms with Gasteiger partial charge in [-0.1, -0.05) is 19.3 Å². The summed E-state index contributed by atoms with van der Waals surface area (Å²) in [4.78, 5) is 0. The Kier molecular flexibility index (Phi) is 3.19. The van der Waals surface area contributed by atoms with E-state index in [9.17, 15) is 8.42 Å². The molecule has 0 atom stereocenters. The third-order valence-electron chi connectivity index (χ3n) is 1.94. The van der Waals surface area contributed by atoms with Crippen molar-refractivity contribution in [2.45, 2.75) is 32.1 Å². The third kappa shape index (κ3) is 3.97. The summed E-state index contributed by atoms with van der Waals surface area (Å²) in [7, 11) is 1.83. The van der Waals surface area contributed by atoms with Gasteiger partial charge in [0.2, 0.25) is 9.05 Å². The molecule has 1 aliphatic carbocycles. The van der Waals surface area contributed by atoms with Crippen LogP contribution in [0.2, 0.25) is 0 Å². The second-order valence-electron chi connectivity index (χ2n) is 2.99. The van der Waals surface area contributed by atoms with Gasteiger partial charge in [-0.15, -0.1) is 0 Å². The highest BCUT2D eigenvalue weighted by atomic mass is 35.7. The quantitative estimate of drug-likeness (QED) is 0.633. The molecule has 4 heteroatoms. The summed E-state index contributed by atoms with van der Waals surface area (Å²) in [5.41, 5.74) is 0. The fourth-order valence-corrected chi connectivity index (χ4v) is 2.68. The Balaban J connectivity index is 2.36. The molecule has 0 bridgehead atoms. The van der Waals surface area contributed by atoms with Crippen molar-refractivity contribution in [2.24, 2.45) is 0 Å². The maximum atomic E-state index is 10.6. The van der Waals surface area contributed by atoms with E-state index in [0.29, 0.717) is 0 Å². The highest BCUT2D eigenvalue weighted by Gasteiger charge is 2.19. The molecule has 0 N–H and O–H groups in total. The van der Waals surface area contributed by atoms with Gasteiger partial charge >= 0.3 is 0 Å². The molecule has 0 amide bonds. The Morgan fingerprint density at radius 2 is 1.73 bits per heavy atom. The molecule has 1 fully saturated rings. The number of hydrogen-bond donors (Lipinski definition) is 0. The van der Waals surface area contributed by atoms with E-state index >= 15 is 0 Å². The molecule has 0 aromatic heterocycles. The van der Waals surface area contributed by atoms with Gasteiger partial charge in [-0.2, -0.15) is 0 Å². The van der Waals surface area contributed by atoms with Crippen LogP contribution in [0.5, 0.6) is 0 Å². The van der Waals surface area contributed by atoms with Crippen LogP contribution in [-0.4, -0.2) is 14.2 Å². The average Bonchev–Trinajstić information content (AvgIpc) is 1.85. The number of rotatable bonds is 2. The van der Waals surface area contributed by atoms with Crippen LogP contribution in [0.4, 0.5) is 0 Å². The minimum Gasteiger partial charge on any atom is -0.212 e. The number of halogens is 1. The largest absolute Gasteiger partial charge is 0.233 e. The molecule has 2 nitrogen and oxygen atoms in total. The summed E-state index contributed by atoms with van der Waals surface area (Å²) in [6.07, 6.45) is 5.38. The van der Waals surface area contributed by atoms with Gasteiger partial charge in [0, 0.05) is 10.7 Å². The standard InChI is InChI=1S/C7H12ClO2S/c8-11(9,10)6-7-4-2-1-3-5-7/h1-6H2. The van der Waals surface area contributed by atoms with Crippen LogP contribution in [0.25, 0.3) is 0 Å². The van der Waals surface area contributed by atoms with Gasteiger partial charge in [0.05, 0.1) is 5.75 Å². The van der Waals surface area contributed by atoms with Crippen LogP contribution in [0.1, 0.15) is 32.1 Å². The van der Waals surface area contributed by atoms with Crippen molar-refractivity contribution in [3.05, 3.63) is 5.92 Å². The monoisotopic (exact) mass is 195 g/mol. The molecule has 11 heavy (non-hydrogen) atoms. The van der Waals surface area contributed by atoms with Crippen molar-refractivity contribution in [3.63, 3.8) is 0 Å². The molecule has 1 aliphatic rings. The fraction of sp³-hybridized carbons (Fsp3) is 0.857. The molecule has 0 heterocycles. The summed E-state index contributed by atoms with van der Waals surface area (Å²) >= 11 is 0. The summed E-state index contributed by atoms with van der Waals surface area (Å²) in [5, 5.41) is 0. The summed E-state index contributed by atoms with van der Waals surface area (Å²) < 4.78 is 21.3. The summed E-state index contributed by atoms with van der Waals surface area (Å²) in [5.74, 6) is 1.19. The second kappa shape index (κ2) is 3.76. The Morgan fingerprint density at radius 3 is 2.18 bits per heavy atom. The minimum atomic E-state index is -3.29. The van der Waals surface area contributed by atoms with Crippen LogP contribution in [-0.2, 0) is 9.05 Å². The highest BCUT2D eigenvalue weighted by molar-refractivity contribution is 8.13. The predicted molar refractivity (Wildman–Crippen MR) is 46.0 cm³/mol. The van der Waals surface area contributed by atoms with Gasteiger partial charge < -0.3 is 0 Å². The first-order chi connectivity index (χ1) is 5.08. The molecule has 0 saturated heterocycles. The molecule has 0 aromatic carbocycles. The minimum absolute atomic E-state index is 0.0918. The molecule has 1 saturated carbocycles. The second-order valence-corrected chi connectivity index (χ2v) is 5.77. The van der Waals surface area contributed by atoms with Gasteiger partial charge in [0.25, 0.3) is 0 Å². The maximum Gasteiger partial charge on any atom is 0.233 e. The Hall–Kier alpha value is 0.240. The van der Waals surface area contributed by atoms with Crippen molar-refractivity contribution in [1.29, 1.82) is 0 Å². The van der Waals surface area contributed by atoms with E-state index in [2.05, 4.69) is 0 Å². The zero-order chi connectivity index (χ0) is 8.32. The van der Waals surface area contributed by atoms with E-state index in [0.717, 1.165) is 31.6 Å². The van der Waals surface area contributed by atoms with Crippen LogP contribution >= 0.6 is 10.7 Å². The van der Waals surface area contributed by atoms with E-state index in [1.165, 1.54) is 6.42 Å². The summed E-state index contributed by atoms with van der Waals surface area (Å²) in [6, 6.07) is 0. The van der Waals surface area contributed by atoms with Gasteiger partial charge in [-0.05, 0) is 18.8 Å². The Labute approximate surface area is 72.4 Å². The molecule has 0 aromatic rings. The molecule has 65 valence electrons. The van der Waals surface area contributed by atoms with Crippen molar-refractivity contribution in [3.8, 4) is 0 Å². The first-order valence-corrected chi connectivity index (χ1v) is 6.32. The van der Waals surface area contributed by atoms with Gasteiger partial charge in [-0.3, -0.25) is 0 Å². The van der Waals surface area contributed by atoms with Crippen LogP contribution < -0.4 is 0 Å². The lowest BCUT2D eigenvalue weighted by molar-refractivity contribution is 0.534. The van der Waals surface area contributed by atoms with E-state index in [-0.39, 0.29) is 5.75 Å². The maximum absolute atomic E-state index is 10.6. The van der Waals surface area contributed by atoms with Gasteiger partial charge in [-0.25, -0.2) is 8.42 Å². The van der Waals surface area contributed by atoms with E-state index in [4.69, 9.17) is 10.7 Å². The lowest BCUT2D eigenvalue weighted by Gasteiger charge is -2.18. The Bertz CT molecular complexity index is 204. The van der Waals surface area contributed by atoms with E-state index < -0.39 is 9.05 Å². The van der Waals surface area contributed by atoms with Gasteiger partial charge in [0.1, 0.15) is 0 Å². The molecule has 0 unspecified atom stereocenters. The third-order valence-corrected chi connectivity index (χ3v) is 3.02. The first kappa shape index (κ1) is 9.33. The van der Waals surface area contributed by atoms with Crippen molar-refractivity contribution in [2.75, 3.05) is 5.75 Å². The SMILES string of the molecule is O=S(=O)(Cl)C[C]1CCCCC1. The zero-order valence-corrected chi connectivity index (χ0v) is 7.92. The number of hydrogen-bond acceptors (Lipinski definition) is 2.